The van der Waals surface area contributed by atoms with Crippen LogP contribution in [0.2, 0.25) is 0 Å². The summed E-state index contributed by atoms with van der Waals surface area (Å²) in [6.45, 7) is 0.162. The van der Waals surface area contributed by atoms with Crippen molar-refractivity contribution in [1.29, 1.82) is 0 Å². The molecule has 2 aromatic carbocycles. The molecule has 4 aromatic rings. The molecule has 0 radical (unpaired) electrons. The lowest BCUT2D eigenvalue weighted by Crippen LogP contribution is -2.23. The van der Waals surface area contributed by atoms with E-state index in [1.165, 1.54) is 22.9 Å². The molecule has 0 aliphatic carbocycles. The number of nitrogens with one attached hydrogen (secondary N) is 1. The topological polar surface area (TPSA) is 59.8 Å². The van der Waals surface area contributed by atoms with Crippen LogP contribution in [0.4, 0.5) is 8.78 Å². The summed E-state index contributed by atoms with van der Waals surface area (Å²) in [6.07, 6.45) is 1.55. The Balaban J connectivity index is 1.73. The number of benzene rings is 2. The molecular weight excluding hydrogens is 362 g/mol. The van der Waals surface area contributed by atoms with E-state index < -0.39 is 5.82 Å². The number of aromatic nitrogens is 3. The first-order valence-electron chi connectivity index (χ1n) is 8.63. The largest absolute Gasteiger partial charge is 0.348 e. The van der Waals surface area contributed by atoms with Gasteiger partial charge in [-0.2, -0.15) is 5.10 Å². The Labute approximate surface area is 159 Å². The Bertz CT molecular complexity index is 1190. The lowest BCUT2D eigenvalue weighted by molar-refractivity contribution is 0.0952. The number of hydrogen-bond acceptors (Lipinski definition) is 3. The first-order valence-corrected chi connectivity index (χ1v) is 8.63. The molecule has 0 spiro atoms. The van der Waals surface area contributed by atoms with Crippen LogP contribution in [0.15, 0.2) is 60.8 Å². The third kappa shape index (κ3) is 3.34. The summed E-state index contributed by atoms with van der Waals surface area (Å²) >= 11 is 0. The van der Waals surface area contributed by atoms with Crippen LogP contribution in [0, 0.1) is 11.6 Å². The lowest BCUT2D eigenvalue weighted by Gasteiger charge is -2.10. The summed E-state index contributed by atoms with van der Waals surface area (Å²) in [5.41, 5.74) is 2.07. The zero-order valence-electron chi connectivity index (χ0n) is 15.0. The van der Waals surface area contributed by atoms with Crippen LogP contribution < -0.4 is 5.32 Å². The number of rotatable bonds is 4. The van der Waals surface area contributed by atoms with Gasteiger partial charge in [0.1, 0.15) is 11.6 Å². The molecule has 140 valence electrons. The molecule has 0 unspecified atom stereocenters. The maximum absolute atomic E-state index is 14.2. The SMILES string of the molecule is Cn1ncc2c(C(=O)NCc3cccc(F)c3)cc(-c3ccccc3F)nc21. The average Bonchev–Trinajstić information content (AvgIpc) is 3.07. The van der Waals surface area contributed by atoms with E-state index >= 15 is 0 Å². The molecule has 0 aliphatic heterocycles. The highest BCUT2D eigenvalue weighted by molar-refractivity contribution is 6.06. The molecule has 2 aromatic heterocycles. The Hall–Kier alpha value is -3.61. The van der Waals surface area contributed by atoms with E-state index in [1.807, 2.05) is 0 Å². The number of halogens is 2. The summed E-state index contributed by atoms with van der Waals surface area (Å²) in [6, 6.07) is 13.8. The van der Waals surface area contributed by atoms with E-state index in [0.717, 1.165) is 0 Å². The van der Waals surface area contributed by atoms with Gasteiger partial charge in [-0.3, -0.25) is 9.48 Å². The molecule has 0 saturated heterocycles. The number of carbonyl (C=O) groups excluding carboxylic acids is 1. The van der Waals surface area contributed by atoms with Gasteiger partial charge in [-0.25, -0.2) is 13.8 Å². The summed E-state index contributed by atoms with van der Waals surface area (Å²) in [4.78, 5) is 17.3. The van der Waals surface area contributed by atoms with E-state index in [2.05, 4.69) is 15.4 Å². The van der Waals surface area contributed by atoms with Crippen LogP contribution in [0.25, 0.3) is 22.3 Å². The molecule has 2 heterocycles. The molecule has 4 rings (SSSR count). The Morgan fingerprint density at radius 3 is 2.71 bits per heavy atom. The predicted octanol–water partition coefficient (Wildman–Crippen LogP) is 3.84. The van der Waals surface area contributed by atoms with Crippen molar-refractivity contribution < 1.29 is 13.6 Å². The summed E-state index contributed by atoms with van der Waals surface area (Å²) in [5.74, 6) is -1.17. The van der Waals surface area contributed by atoms with Crippen molar-refractivity contribution in [2.75, 3.05) is 0 Å². The summed E-state index contributed by atoms with van der Waals surface area (Å²) in [7, 11) is 1.70. The molecule has 0 fully saturated rings. The Kier molecular flexibility index (Phi) is 4.57. The quantitative estimate of drug-likeness (QED) is 0.587. The normalized spacial score (nSPS) is 11.0. The van der Waals surface area contributed by atoms with Crippen molar-refractivity contribution in [3.05, 3.63) is 83.6 Å². The smallest absolute Gasteiger partial charge is 0.252 e. The molecule has 1 N–H and O–H groups in total. The van der Waals surface area contributed by atoms with Crippen molar-refractivity contribution in [2.24, 2.45) is 7.05 Å². The number of carbonyl (C=O) groups is 1. The van der Waals surface area contributed by atoms with Crippen molar-refractivity contribution in [3.8, 4) is 11.3 Å². The number of nitrogens with zero attached hydrogens (tertiary/aromatic N) is 3. The van der Waals surface area contributed by atoms with Crippen molar-refractivity contribution >= 4 is 16.9 Å². The molecule has 0 saturated carbocycles. The highest BCUT2D eigenvalue weighted by Crippen LogP contribution is 2.26. The molecule has 5 nitrogen and oxygen atoms in total. The van der Waals surface area contributed by atoms with E-state index in [0.29, 0.717) is 33.4 Å². The monoisotopic (exact) mass is 378 g/mol. The van der Waals surface area contributed by atoms with E-state index in [9.17, 15) is 13.6 Å². The predicted molar refractivity (Wildman–Crippen MR) is 101 cm³/mol. The van der Waals surface area contributed by atoms with Crippen LogP contribution >= 0.6 is 0 Å². The second kappa shape index (κ2) is 7.19. The highest BCUT2D eigenvalue weighted by Gasteiger charge is 2.18. The van der Waals surface area contributed by atoms with Crippen LogP contribution in [-0.2, 0) is 13.6 Å². The van der Waals surface area contributed by atoms with Gasteiger partial charge in [0.05, 0.1) is 22.8 Å². The summed E-state index contributed by atoms with van der Waals surface area (Å²) < 4.78 is 29.1. The second-order valence-electron chi connectivity index (χ2n) is 6.35. The third-order valence-electron chi connectivity index (χ3n) is 4.44. The maximum atomic E-state index is 14.2. The number of hydrogen-bond donors (Lipinski definition) is 1. The Morgan fingerprint density at radius 2 is 1.93 bits per heavy atom. The van der Waals surface area contributed by atoms with Crippen LogP contribution in [0.1, 0.15) is 15.9 Å². The van der Waals surface area contributed by atoms with Gasteiger partial charge in [-0.1, -0.05) is 24.3 Å². The molecule has 7 heteroatoms. The van der Waals surface area contributed by atoms with Crippen LogP contribution in [0.5, 0.6) is 0 Å². The highest BCUT2D eigenvalue weighted by atomic mass is 19.1. The molecule has 0 bridgehead atoms. The lowest BCUT2D eigenvalue weighted by atomic mass is 10.1. The van der Waals surface area contributed by atoms with Gasteiger partial charge in [0.25, 0.3) is 5.91 Å². The number of aryl methyl sites for hydroxylation is 1. The Morgan fingerprint density at radius 1 is 1.11 bits per heavy atom. The van der Waals surface area contributed by atoms with Gasteiger partial charge in [0, 0.05) is 19.2 Å². The van der Waals surface area contributed by atoms with Gasteiger partial charge >= 0.3 is 0 Å². The minimum absolute atomic E-state index is 0.162. The van der Waals surface area contributed by atoms with Crippen molar-refractivity contribution in [2.45, 2.75) is 6.54 Å². The zero-order valence-corrected chi connectivity index (χ0v) is 15.0. The van der Waals surface area contributed by atoms with Crippen molar-refractivity contribution in [3.63, 3.8) is 0 Å². The first-order chi connectivity index (χ1) is 13.5. The third-order valence-corrected chi connectivity index (χ3v) is 4.44. The van der Waals surface area contributed by atoms with Crippen LogP contribution in [-0.4, -0.2) is 20.7 Å². The summed E-state index contributed by atoms with van der Waals surface area (Å²) in [5, 5.41) is 7.48. The number of fused-ring (bicyclic) bond motifs is 1. The standard InChI is InChI=1S/C21H16F2N4O/c1-27-20-17(12-25-27)16(10-19(26-20)15-7-2-3-8-18(15)23)21(28)24-11-13-5-4-6-14(22)9-13/h2-10,12H,11H2,1H3,(H,24,28). The van der Waals surface area contributed by atoms with E-state index in [-0.39, 0.29) is 18.3 Å². The number of pyridine rings is 1. The second-order valence-corrected chi connectivity index (χ2v) is 6.35. The molecule has 1 amide bonds. The fourth-order valence-electron chi connectivity index (χ4n) is 3.03. The fourth-order valence-corrected chi connectivity index (χ4v) is 3.03. The number of amides is 1. The van der Waals surface area contributed by atoms with Crippen molar-refractivity contribution in [1.82, 2.24) is 20.1 Å². The minimum atomic E-state index is -0.428. The van der Waals surface area contributed by atoms with Gasteiger partial charge < -0.3 is 5.32 Å². The fraction of sp³-hybridized carbons (Fsp3) is 0.0952. The minimum Gasteiger partial charge on any atom is -0.348 e. The van der Waals surface area contributed by atoms with Crippen LogP contribution in [0.3, 0.4) is 0 Å². The molecule has 28 heavy (non-hydrogen) atoms. The van der Waals surface area contributed by atoms with E-state index in [4.69, 9.17) is 0 Å². The first kappa shape index (κ1) is 17.8. The van der Waals surface area contributed by atoms with E-state index in [1.54, 1.807) is 49.6 Å². The van der Waals surface area contributed by atoms with Gasteiger partial charge in [0.2, 0.25) is 0 Å². The zero-order chi connectivity index (χ0) is 19.7. The van der Waals surface area contributed by atoms with Gasteiger partial charge in [-0.05, 0) is 35.9 Å². The van der Waals surface area contributed by atoms with Gasteiger partial charge in [-0.15, -0.1) is 0 Å². The van der Waals surface area contributed by atoms with Gasteiger partial charge in [0.15, 0.2) is 5.65 Å². The molecular formula is C21H16F2N4O. The average molecular weight is 378 g/mol. The maximum Gasteiger partial charge on any atom is 0.252 e. The molecule has 0 atom stereocenters. The molecule has 0 aliphatic rings.